The van der Waals surface area contributed by atoms with Crippen LogP contribution in [0.3, 0.4) is 0 Å². The summed E-state index contributed by atoms with van der Waals surface area (Å²) >= 11 is 0. The van der Waals surface area contributed by atoms with Gasteiger partial charge < -0.3 is 14.6 Å². The number of hydrogen-bond acceptors (Lipinski definition) is 3. The van der Waals surface area contributed by atoms with Gasteiger partial charge in [0.25, 0.3) is 5.91 Å². The molecule has 1 aromatic heterocycles. The number of rotatable bonds is 5. The standard InChI is InChI=1S/C29H30N2O2/c1-3-31(4-2)29(32)22-14-12-20(13-15-22)27(21-16-18-30-19-17-21)25-10-7-9-24-23-8-5-6-11-26(23)33-28(24)25/h5-15,30H,3-4,16-19H2,1-2H3. The van der Waals surface area contributed by atoms with Gasteiger partial charge in [-0.3, -0.25) is 4.79 Å². The van der Waals surface area contributed by atoms with E-state index in [0.29, 0.717) is 13.1 Å². The van der Waals surface area contributed by atoms with E-state index in [1.54, 1.807) is 0 Å². The first-order chi connectivity index (χ1) is 16.2. The van der Waals surface area contributed by atoms with Crippen molar-refractivity contribution in [1.82, 2.24) is 10.2 Å². The van der Waals surface area contributed by atoms with E-state index in [2.05, 4.69) is 47.8 Å². The molecule has 4 aromatic rings. The highest BCUT2D eigenvalue weighted by Gasteiger charge is 2.20. The molecular formula is C29H30N2O2. The predicted molar refractivity (Wildman–Crippen MR) is 136 cm³/mol. The lowest BCUT2D eigenvalue weighted by molar-refractivity contribution is 0.0773. The summed E-state index contributed by atoms with van der Waals surface area (Å²) in [5, 5.41) is 5.76. The van der Waals surface area contributed by atoms with E-state index in [-0.39, 0.29) is 5.91 Å². The van der Waals surface area contributed by atoms with Gasteiger partial charge in [-0.25, -0.2) is 0 Å². The second kappa shape index (κ2) is 9.24. The number of para-hydroxylation sites is 2. The van der Waals surface area contributed by atoms with E-state index in [1.165, 1.54) is 11.1 Å². The molecule has 3 aromatic carbocycles. The Morgan fingerprint density at radius 1 is 0.848 bits per heavy atom. The molecule has 33 heavy (non-hydrogen) atoms. The van der Waals surface area contributed by atoms with Crippen LogP contribution in [0.15, 0.2) is 76.7 Å². The molecule has 1 aliphatic rings. The number of furan rings is 1. The van der Waals surface area contributed by atoms with Crippen molar-refractivity contribution in [3.63, 3.8) is 0 Å². The molecule has 168 valence electrons. The minimum absolute atomic E-state index is 0.0852. The maximum atomic E-state index is 12.8. The Hall–Kier alpha value is -3.37. The summed E-state index contributed by atoms with van der Waals surface area (Å²) in [7, 11) is 0. The number of fused-ring (bicyclic) bond motifs is 3. The predicted octanol–water partition coefficient (Wildman–Crippen LogP) is 6.25. The molecule has 1 aliphatic heterocycles. The average Bonchev–Trinajstić information content (AvgIpc) is 3.26. The van der Waals surface area contributed by atoms with Crippen LogP contribution < -0.4 is 5.32 Å². The van der Waals surface area contributed by atoms with Crippen LogP contribution in [0.25, 0.3) is 27.5 Å². The van der Waals surface area contributed by atoms with Crippen molar-refractivity contribution in [2.75, 3.05) is 26.2 Å². The summed E-state index contributed by atoms with van der Waals surface area (Å²) in [4.78, 5) is 14.7. The number of carbonyl (C=O) groups is 1. The molecule has 1 N–H and O–H groups in total. The molecule has 2 heterocycles. The van der Waals surface area contributed by atoms with Crippen molar-refractivity contribution in [1.29, 1.82) is 0 Å². The van der Waals surface area contributed by atoms with Crippen molar-refractivity contribution < 1.29 is 9.21 Å². The van der Waals surface area contributed by atoms with E-state index < -0.39 is 0 Å². The third kappa shape index (κ3) is 3.96. The first-order valence-corrected chi connectivity index (χ1v) is 11.9. The third-order valence-corrected chi connectivity index (χ3v) is 6.71. The molecule has 0 bridgehead atoms. The molecular weight excluding hydrogens is 408 g/mol. The van der Waals surface area contributed by atoms with Crippen LogP contribution in [-0.4, -0.2) is 37.0 Å². The fraction of sp³-hybridized carbons (Fsp3) is 0.276. The first kappa shape index (κ1) is 21.5. The van der Waals surface area contributed by atoms with Crippen LogP contribution >= 0.6 is 0 Å². The fourth-order valence-electron chi connectivity index (χ4n) is 4.95. The maximum Gasteiger partial charge on any atom is 0.253 e. The molecule has 1 fully saturated rings. The summed E-state index contributed by atoms with van der Waals surface area (Å²) in [6.45, 7) is 7.43. The van der Waals surface area contributed by atoms with Gasteiger partial charge in [0.15, 0.2) is 0 Å². The topological polar surface area (TPSA) is 45.5 Å². The Morgan fingerprint density at radius 3 is 2.24 bits per heavy atom. The maximum absolute atomic E-state index is 12.8. The second-order valence-corrected chi connectivity index (χ2v) is 8.56. The van der Waals surface area contributed by atoms with Crippen LogP contribution in [-0.2, 0) is 0 Å². The zero-order valence-corrected chi connectivity index (χ0v) is 19.4. The summed E-state index contributed by atoms with van der Waals surface area (Å²) in [6.07, 6.45) is 2.01. The number of carbonyl (C=O) groups excluding carboxylic acids is 1. The third-order valence-electron chi connectivity index (χ3n) is 6.71. The highest BCUT2D eigenvalue weighted by molar-refractivity contribution is 6.09. The van der Waals surface area contributed by atoms with Gasteiger partial charge in [-0.05, 0) is 69.1 Å². The molecule has 5 rings (SSSR count). The molecule has 4 heteroatoms. The van der Waals surface area contributed by atoms with Crippen LogP contribution in [0, 0.1) is 0 Å². The first-order valence-electron chi connectivity index (χ1n) is 11.9. The number of piperidine rings is 1. The number of nitrogens with zero attached hydrogens (tertiary/aromatic N) is 1. The van der Waals surface area contributed by atoms with Gasteiger partial charge in [0, 0.05) is 35.0 Å². The molecule has 0 saturated carbocycles. The molecule has 0 atom stereocenters. The van der Waals surface area contributed by atoms with E-state index in [4.69, 9.17) is 4.42 Å². The smallest absolute Gasteiger partial charge is 0.253 e. The Bertz CT molecular complexity index is 1320. The number of hydrogen-bond donors (Lipinski definition) is 1. The van der Waals surface area contributed by atoms with Gasteiger partial charge in [-0.15, -0.1) is 0 Å². The Morgan fingerprint density at radius 2 is 1.52 bits per heavy atom. The summed E-state index contributed by atoms with van der Waals surface area (Å²) in [5.41, 5.74) is 7.52. The largest absolute Gasteiger partial charge is 0.455 e. The van der Waals surface area contributed by atoms with E-state index >= 15 is 0 Å². The Kier molecular flexibility index (Phi) is 6.01. The fourth-order valence-corrected chi connectivity index (χ4v) is 4.95. The van der Waals surface area contributed by atoms with E-state index in [1.807, 2.05) is 43.0 Å². The number of benzene rings is 3. The summed E-state index contributed by atoms with van der Waals surface area (Å²) in [6, 6.07) is 22.8. The molecule has 0 spiro atoms. The van der Waals surface area contributed by atoms with Crippen molar-refractivity contribution in [2.24, 2.45) is 0 Å². The monoisotopic (exact) mass is 438 g/mol. The highest BCUT2D eigenvalue weighted by Crippen LogP contribution is 2.38. The SMILES string of the molecule is CCN(CC)C(=O)c1ccc(C(=C2CCNCC2)c2cccc3c2oc2ccccc23)cc1. The zero-order chi connectivity index (χ0) is 22.8. The molecule has 1 amide bonds. The van der Waals surface area contributed by atoms with Gasteiger partial charge in [0.05, 0.1) is 0 Å². The van der Waals surface area contributed by atoms with E-state index in [0.717, 1.165) is 64.6 Å². The summed E-state index contributed by atoms with van der Waals surface area (Å²) < 4.78 is 6.39. The van der Waals surface area contributed by atoms with Crippen molar-refractivity contribution in [2.45, 2.75) is 26.7 Å². The van der Waals surface area contributed by atoms with Crippen LogP contribution in [0.4, 0.5) is 0 Å². The minimum atomic E-state index is 0.0852. The van der Waals surface area contributed by atoms with Crippen molar-refractivity contribution in [3.8, 4) is 0 Å². The molecule has 0 radical (unpaired) electrons. The lowest BCUT2D eigenvalue weighted by Crippen LogP contribution is -2.30. The van der Waals surface area contributed by atoms with Gasteiger partial charge in [0.1, 0.15) is 11.2 Å². The number of nitrogens with one attached hydrogen (secondary N) is 1. The van der Waals surface area contributed by atoms with Crippen molar-refractivity contribution >= 4 is 33.4 Å². The van der Waals surface area contributed by atoms with Gasteiger partial charge in [-0.2, -0.15) is 0 Å². The normalized spacial score (nSPS) is 14.1. The van der Waals surface area contributed by atoms with Gasteiger partial charge >= 0.3 is 0 Å². The lowest BCUT2D eigenvalue weighted by Gasteiger charge is -2.22. The van der Waals surface area contributed by atoms with Crippen LogP contribution in [0.2, 0.25) is 0 Å². The molecule has 0 unspecified atom stereocenters. The molecule has 0 aliphatic carbocycles. The highest BCUT2D eigenvalue weighted by atomic mass is 16.3. The average molecular weight is 439 g/mol. The zero-order valence-electron chi connectivity index (χ0n) is 19.4. The van der Waals surface area contributed by atoms with Gasteiger partial charge in [-0.1, -0.05) is 54.1 Å². The molecule has 4 nitrogen and oxygen atoms in total. The van der Waals surface area contributed by atoms with Gasteiger partial charge in [0.2, 0.25) is 0 Å². The number of amides is 1. The summed E-state index contributed by atoms with van der Waals surface area (Å²) in [5.74, 6) is 0.0852. The molecule has 1 saturated heterocycles. The second-order valence-electron chi connectivity index (χ2n) is 8.56. The Balaban J connectivity index is 1.65. The Labute approximate surface area is 194 Å². The quantitative estimate of drug-likeness (QED) is 0.400. The minimum Gasteiger partial charge on any atom is -0.455 e. The van der Waals surface area contributed by atoms with Crippen molar-refractivity contribution in [3.05, 3.63) is 89.0 Å². The lowest BCUT2D eigenvalue weighted by atomic mass is 9.87. The van der Waals surface area contributed by atoms with Crippen LogP contribution in [0.1, 0.15) is 48.2 Å². The van der Waals surface area contributed by atoms with E-state index in [9.17, 15) is 4.79 Å². The van der Waals surface area contributed by atoms with Crippen LogP contribution in [0.5, 0.6) is 0 Å².